The van der Waals surface area contributed by atoms with Crippen molar-refractivity contribution in [3.8, 4) is 5.75 Å². The summed E-state index contributed by atoms with van der Waals surface area (Å²) in [4.78, 5) is 24.2. The summed E-state index contributed by atoms with van der Waals surface area (Å²) < 4.78 is 5.58. The zero-order valence-electron chi connectivity index (χ0n) is 12.3. The number of carbonyl (C=O) groups is 2. The fourth-order valence-electron chi connectivity index (χ4n) is 1.79. The van der Waals surface area contributed by atoms with Crippen LogP contribution in [0.1, 0.15) is 24.2 Å². The standard InChI is InChI=1S/C14H22N4O3/c1-10(2)18(9-13(15)19)7-8-21-12-5-3-11(4-6-12)14(20)17-16/h3-6,10H,7-9,16H2,1-2H3,(H2,15,19)(H,17,20). The Hall–Kier alpha value is -2.12. The second kappa shape index (κ2) is 8.23. The number of benzene rings is 1. The van der Waals surface area contributed by atoms with Gasteiger partial charge in [-0.15, -0.1) is 0 Å². The van der Waals surface area contributed by atoms with Crippen molar-refractivity contribution in [1.82, 2.24) is 10.3 Å². The Bertz CT molecular complexity index is 474. The molecule has 0 spiro atoms. The smallest absolute Gasteiger partial charge is 0.265 e. The van der Waals surface area contributed by atoms with Crippen LogP contribution in [0, 0.1) is 0 Å². The first-order chi connectivity index (χ1) is 9.93. The minimum absolute atomic E-state index is 0.205. The van der Waals surface area contributed by atoms with Gasteiger partial charge in [0, 0.05) is 18.2 Å². The molecule has 1 aromatic carbocycles. The summed E-state index contributed by atoms with van der Waals surface area (Å²) in [5.74, 6) is 4.98. The molecule has 2 amide bonds. The molecular weight excluding hydrogens is 272 g/mol. The number of nitrogen functional groups attached to an aromatic ring is 1. The quantitative estimate of drug-likeness (QED) is 0.351. The van der Waals surface area contributed by atoms with E-state index in [1.54, 1.807) is 24.3 Å². The van der Waals surface area contributed by atoms with Crippen LogP contribution in [-0.2, 0) is 4.79 Å². The molecule has 0 aliphatic rings. The lowest BCUT2D eigenvalue weighted by Crippen LogP contribution is -2.40. The first-order valence-electron chi connectivity index (χ1n) is 6.70. The van der Waals surface area contributed by atoms with Crippen molar-refractivity contribution >= 4 is 11.8 Å². The SMILES string of the molecule is CC(C)N(CCOc1ccc(C(=O)NN)cc1)CC(N)=O. The molecule has 7 nitrogen and oxygen atoms in total. The van der Waals surface area contributed by atoms with Gasteiger partial charge in [0.1, 0.15) is 12.4 Å². The summed E-state index contributed by atoms with van der Waals surface area (Å²) in [6.07, 6.45) is 0. The van der Waals surface area contributed by atoms with Crippen molar-refractivity contribution in [3.05, 3.63) is 29.8 Å². The Kier molecular flexibility index (Phi) is 6.64. The second-order valence-electron chi connectivity index (χ2n) is 4.88. The van der Waals surface area contributed by atoms with Gasteiger partial charge in [-0.05, 0) is 38.1 Å². The Morgan fingerprint density at radius 2 is 1.90 bits per heavy atom. The molecule has 0 fully saturated rings. The maximum Gasteiger partial charge on any atom is 0.265 e. The van der Waals surface area contributed by atoms with Gasteiger partial charge in [0.2, 0.25) is 5.91 Å². The molecule has 0 saturated heterocycles. The molecule has 116 valence electrons. The lowest BCUT2D eigenvalue weighted by atomic mass is 10.2. The average Bonchev–Trinajstić information content (AvgIpc) is 2.45. The molecule has 7 heteroatoms. The summed E-state index contributed by atoms with van der Waals surface area (Å²) in [7, 11) is 0. The molecular formula is C14H22N4O3. The van der Waals surface area contributed by atoms with Gasteiger partial charge in [0.25, 0.3) is 5.91 Å². The van der Waals surface area contributed by atoms with Crippen LogP contribution in [0.15, 0.2) is 24.3 Å². The highest BCUT2D eigenvalue weighted by atomic mass is 16.5. The predicted molar refractivity (Wildman–Crippen MR) is 79.5 cm³/mol. The number of rotatable bonds is 8. The Labute approximate surface area is 124 Å². The normalized spacial score (nSPS) is 10.7. The van der Waals surface area contributed by atoms with E-state index in [9.17, 15) is 9.59 Å². The Morgan fingerprint density at radius 1 is 1.29 bits per heavy atom. The van der Waals surface area contributed by atoms with Gasteiger partial charge in [0.15, 0.2) is 0 Å². The van der Waals surface area contributed by atoms with Crippen molar-refractivity contribution in [2.75, 3.05) is 19.7 Å². The fourth-order valence-corrected chi connectivity index (χ4v) is 1.79. The van der Waals surface area contributed by atoms with Crippen LogP contribution < -0.4 is 21.7 Å². The Balaban J connectivity index is 2.47. The summed E-state index contributed by atoms with van der Waals surface area (Å²) >= 11 is 0. The molecule has 1 aromatic rings. The van der Waals surface area contributed by atoms with E-state index in [2.05, 4.69) is 5.43 Å². The van der Waals surface area contributed by atoms with E-state index >= 15 is 0 Å². The summed E-state index contributed by atoms with van der Waals surface area (Å²) in [6.45, 7) is 5.20. The molecule has 0 unspecified atom stereocenters. The average molecular weight is 294 g/mol. The zero-order chi connectivity index (χ0) is 15.8. The fraction of sp³-hybridized carbons (Fsp3) is 0.429. The van der Waals surface area contributed by atoms with Crippen LogP contribution in [0.4, 0.5) is 0 Å². The van der Waals surface area contributed by atoms with E-state index in [0.29, 0.717) is 24.5 Å². The number of nitrogens with one attached hydrogen (secondary N) is 1. The number of carbonyl (C=O) groups excluding carboxylic acids is 2. The molecule has 21 heavy (non-hydrogen) atoms. The molecule has 0 aromatic heterocycles. The third kappa shape index (κ3) is 5.80. The van der Waals surface area contributed by atoms with E-state index < -0.39 is 0 Å². The first kappa shape index (κ1) is 16.9. The van der Waals surface area contributed by atoms with Crippen LogP contribution in [0.25, 0.3) is 0 Å². The molecule has 0 bridgehead atoms. The van der Waals surface area contributed by atoms with Crippen molar-refractivity contribution in [1.29, 1.82) is 0 Å². The van der Waals surface area contributed by atoms with Crippen LogP contribution in [-0.4, -0.2) is 42.5 Å². The van der Waals surface area contributed by atoms with E-state index in [1.165, 1.54) is 0 Å². The van der Waals surface area contributed by atoms with Gasteiger partial charge in [-0.1, -0.05) is 0 Å². The van der Waals surface area contributed by atoms with Gasteiger partial charge < -0.3 is 10.5 Å². The Morgan fingerprint density at radius 3 is 2.38 bits per heavy atom. The number of nitrogens with two attached hydrogens (primary N) is 2. The summed E-state index contributed by atoms with van der Waals surface area (Å²) in [6, 6.07) is 6.84. The number of hydrogen-bond donors (Lipinski definition) is 3. The molecule has 0 aliphatic heterocycles. The topological polar surface area (TPSA) is 111 Å². The lowest BCUT2D eigenvalue weighted by molar-refractivity contribution is -0.119. The molecule has 1 rings (SSSR count). The third-order valence-electron chi connectivity index (χ3n) is 2.98. The van der Waals surface area contributed by atoms with Crippen LogP contribution in [0.2, 0.25) is 0 Å². The molecule has 0 heterocycles. The monoisotopic (exact) mass is 294 g/mol. The second-order valence-corrected chi connectivity index (χ2v) is 4.88. The van der Waals surface area contributed by atoms with E-state index in [4.69, 9.17) is 16.3 Å². The van der Waals surface area contributed by atoms with Gasteiger partial charge in [0.05, 0.1) is 6.54 Å². The van der Waals surface area contributed by atoms with Crippen molar-refractivity contribution in [2.45, 2.75) is 19.9 Å². The van der Waals surface area contributed by atoms with E-state index in [1.807, 2.05) is 18.7 Å². The number of hydrogen-bond acceptors (Lipinski definition) is 5. The number of hydrazine groups is 1. The molecule has 0 radical (unpaired) electrons. The highest BCUT2D eigenvalue weighted by molar-refractivity contribution is 5.93. The van der Waals surface area contributed by atoms with Gasteiger partial charge in [-0.25, -0.2) is 5.84 Å². The largest absolute Gasteiger partial charge is 0.492 e. The predicted octanol–water partition coefficient (Wildman–Crippen LogP) is -0.135. The maximum atomic E-state index is 11.3. The molecule has 0 saturated carbocycles. The van der Waals surface area contributed by atoms with E-state index in [-0.39, 0.29) is 24.4 Å². The van der Waals surface area contributed by atoms with Crippen molar-refractivity contribution in [3.63, 3.8) is 0 Å². The molecule has 0 aliphatic carbocycles. The highest BCUT2D eigenvalue weighted by Gasteiger charge is 2.12. The van der Waals surface area contributed by atoms with Gasteiger partial charge in [-0.3, -0.25) is 19.9 Å². The van der Waals surface area contributed by atoms with Crippen LogP contribution >= 0.6 is 0 Å². The minimum Gasteiger partial charge on any atom is -0.492 e. The van der Waals surface area contributed by atoms with Crippen molar-refractivity contribution in [2.24, 2.45) is 11.6 Å². The lowest BCUT2D eigenvalue weighted by Gasteiger charge is -2.24. The molecule has 0 atom stereocenters. The van der Waals surface area contributed by atoms with Gasteiger partial charge in [-0.2, -0.15) is 0 Å². The van der Waals surface area contributed by atoms with Gasteiger partial charge >= 0.3 is 0 Å². The summed E-state index contributed by atoms with van der Waals surface area (Å²) in [5, 5.41) is 0. The maximum absolute atomic E-state index is 11.3. The molecule has 5 N–H and O–H groups in total. The third-order valence-corrected chi connectivity index (χ3v) is 2.98. The highest BCUT2D eigenvalue weighted by Crippen LogP contribution is 2.12. The number of ether oxygens (including phenoxy) is 1. The van der Waals surface area contributed by atoms with E-state index in [0.717, 1.165) is 0 Å². The zero-order valence-corrected chi connectivity index (χ0v) is 12.3. The van der Waals surface area contributed by atoms with Crippen LogP contribution in [0.5, 0.6) is 5.75 Å². The number of nitrogens with zero attached hydrogens (tertiary/aromatic N) is 1. The number of primary amides is 1. The summed E-state index contributed by atoms with van der Waals surface area (Å²) in [5.41, 5.74) is 7.72. The first-order valence-corrected chi connectivity index (χ1v) is 6.70. The number of amides is 2. The van der Waals surface area contributed by atoms with Crippen molar-refractivity contribution < 1.29 is 14.3 Å². The minimum atomic E-state index is -0.360. The van der Waals surface area contributed by atoms with Crippen LogP contribution in [0.3, 0.4) is 0 Å².